The number of nitrogens with one attached hydrogen (secondary N) is 2. The van der Waals surface area contributed by atoms with E-state index in [4.69, 9.17) is 0 Å². The van der Waals surface area contributed by atoms with Gasteiger partial charge >= 0.3 is 5.97 Å². The number of carbonyl (C=O) groups is 1. The molecule has 1 aromatic heterocycles. The Bertz CT molecular complexity index is 391. The average Bonchev–Trinajstić information content (AvgIpc) is 2.39. The molecule has 0 aromatic carbocycles. The molecule has 1 saturated heterocycles. The maximum atomic E-state index is 11.3. The number of hydrogen-bond acceptors (Lipinski definition) is 6. The van der Waals surface area contributed by atoms with E-state index < -0.39 is 5.97 Å². The minimum Gasteiger partial charge on any atom is -0.464 e. The summed E-state index contributed by atoms with van der Waals surface area (Å²) in [6.45, 7) is 1.97. The van der Waals surface area contributed by atoms with E-state index in [0.717, 1.165) is 25.9 Å². The lowest BCUT2D eigenvalue weighted by Gasteiger charge is -2.24. The molecule has 0 bridgehead atoms. The van der Waals surface area contributed by atoms with E-state index in [2.05, 4.69) is 25.3 Å². The van der Waals surface area contributed by atoms with Crippen LogP contribution in [0.15, 0.2) is 12.4 Å². The van der Waals surface area contributed by atoms with E-state index >= 15 is 0 Å². The van der Waals surface area contributed by atoms with Crippen molar-refractivity contribution in [2.24, 2.45) is 0 Å². The molecule has 1 aromatic rings. The van der Waals surface area contributed by atoms with E-state index in [9.17, 15) is 4.79 Å². The second kappa shape index (κ2) is 5.58. The summed E-state index contributed by atoms with van der Waals surface area (Å²) in [6.07, 6.45) is 5.25. The van der Waals surface area contributed by atoms with Crippen molar-refractivity contribution in [1.29, 1.82) is 0 Å². The van der Waals surface area contributed by atoms with Gasteiger partial charge in [0, 0.05) is 12.6 Å². The molecule has 1 fully saturated rings. The summed E-state index contributed by atoms with van der Waals surface area (Å²) in [6, 6.07) is 0.339. The molecule has 0 saturated carbocycles. The van der Waals surface area contributed by atoms with Gasteiger partial charge in [-0.2, -0.15) is 0 Å². The molecule has 6 nitrogen and oxygen atoms in total. The molecule has 1 unspecified atom stereocenters. The van der Waals surface area contributed by atoms with Crippen LogP contribution in [0.2, 0.25) is 0 Å². The smallest absolute Gasteiger partial charge is 0.358 e. The highest BCUT2D eigenvalue weighted by atomic mass is 16.5. The number of hydrogen-bond donors (Lipinski definition) is 2. The highest BCUT2D eigenvalue weighted by molar-refractivity contribution is 5.87. The summed E-state index contributed by atoms with van der Waals surface area (Å²) in [4.78, 5) is 19.4. The Morgan fingerprint density at radius 3 is 3.18 bits per heavy atom. The molecule has 1 atom stereocenters. The van der Waals surface area contributed by atoms with Crippen molar-refractivity contribution >= 4 is 11.8 Å². The lowest BCUT2D eigenvalue weighted by atomic mass is 10.1. The van der Waals surface area contributed by atoms with Crippen LogP contribution in [0.1, 0.15) is 23.3 Å². The third-order valence-corrected chi connectivity index (χ3v) is 2.68. The maximum absolute atomic E-state index is 11.3. The van der Waals surface area contributed by atoms with Crippen LogP contribution < -0.4 is 10.6 Å². The second-order valence-electron chi connectivity index (χ2n) is 3.97. The lowest BCUT2D eigenvalue weighted by molar-refractivity contribution is 0.0593. The summed E-state index contributed by atoms with van der Waals surface area (Å²) < 4.78 is 4.60. The quantitative estimate of drug-likeness (QED) is 0.741. The lowest BCUT2D eigenvalue weighted by Crippen LogP contribution is -2.38. The van der Waals surface area contributed by atoms with Gasteiger partial charge < -0.3 is 15.4 Å². The summed E-state index contributed by atoms with van der Waals surface area (Å²) >= 11 is 0. The second-order valence-corrected chi connectivity index (χ2v) is 3.97. The van der Waals surface area contributed by atoms with Gasteiger partial charge in [-0.15, -0.1) is 0 Å². The van der Waals surface area contributed by atoms with Crippen LogP contribution in [0.5, 0.6) is 0 Å². The first-order chi connectivity index (χ1) is 8.29. The number of aromatic nitrogens is 2. The zero-order chi connectivity index (χ0) is 12.1. The molecule has 1 aliphatic rings. The molecule has 0 amide bonds. The highest BCUT2D eigenvalue weighted by Gasteiger charge is 2.14. The third kappa shape index (κ3) is 3.13. The molecule has 92 valence electrons. The number of nitrogens with zero attached hydrogens (tertiary/aromatic N) is 2. The first kappa shape index (κ1) is 11.8. The van der Waals surface area contributed by atoms with E-state index in [0.29, 0.717) is 11.9 Å². The monoisotopic (exact) mass is 236 g/mol. The van der Waals surface area contributed by atoms with Gasteiger partial charge in [0.1, 0.15) is 5.82 Å². The van der Waals surface area contributed by atoms with Crippen LogP contribution in [0.3, 0.4) is 0 Å². The summed E-state index contributed by atoms with van der Waals surface area (Å²) in [5.41, 5.74) is 0.223. The number of ether oxygens (including phenoxy) is 1. The average molecular weight is 236 g/mol. The van der Waals surface area contributed by atoms with Crippen LogP contribution in [0.25, 0.3) is 0 Å². The maximum Gasteiger partial charge on any atom is 0.358 e. The van der Waals surface area contributed by atoms with Gasteiger partial charge in [-0.3, -0.25) is 4.98 Å². The normalized spacial score (nSPS) is 19.7. The Morgan fingerprint density at radius 2 is 2.47 bits per heavy atom. The van der Waals surface area contributed by atoms with Gasteiger partial charge in [-0.1, -0.05) is 0 Å². The predicted molar refractivity (Wildman–Crippen MR) is 62.9 cm³/mol. The Labute approximate surface area is 99.8 Å². The van der Waals surface area contributed by atoms with Crippen LogP contribution in [0, 0.1) is 0 Å². The van der Waals surface area contributed by atoms with Crippen molar-refractivity contribution in [3.8, 4) is 0 Å². The van der Waals surface area contributed by atoms with E-state index in [1.807, 2.05) is 0 Å². The molecule has 0 spiro atoms. The zero-order valence-electron chi connectivity index (χ0n) is 9.77. The van der Waals surface area contributed by atoms with Crippen molar-refractivity contribution in [3.63, 3.8) is 0 Å². The first-order valence-electron chi connectivity index (χ1n) is 5.67. The molecule has 17 heavy (non-hydrogen) atoms. The van der Waals surface area contributed by atoms with Crippen LogP contribution in [0.4, 0.5) is 5.82 Å². The molecule has 2 rings (SSSR count). The molecule has 6 heteroatoms. The summed E-state index contributed by atoms with van der Waals surface area (Å²) in [5.74, 6) is 0.143. The minimum atomic E-state index is -0.470. The fourth-order valence-corrected chi connectivity index (χ4v) is 1.82. The number of rotatable bonds is 3. The van der Waals surface area contributed by atoms with E-state index in [1.165, 1.54) is 13.3 Å². The van der Waals surface area contributed by atoms with Gasteiger partial charge in [0.15, 0.2) is 5.69 Å². The van der Waals surface area contributed by atoms with Crippen molar-refractivity contribution in [2.45, 2.75) is 18.9 Å². The van der Waals surface area contributed by atoms with Crippen molar-refractivity contribution in [1.82, 2.24) is 15.3 Å². The van der Waals surface area contributed by atoms with Crippen LogP contribution >= 0.6 is 0 Å². The standard InChI is InChI=1S/C11H16N4O2/c1-17-11(16)9-6-13-7-10(15-9)14-8-3-2-4-12-5-8/h6-8,12H,2-5H2,1H3,(H,14,15). The number of esters is 1. The topological polar surface area (TPSA) is 76.1 Å². The van der Waals surface area contributed by atoms with Crippen molar-refractivity contribution < 1.29 is 9.53 Å². The summed E-state index contributed by atoms with van der Waals surface area (Å²) in [7, 11) is 1.33. The molecular weight excluding hydrogens is 220 g/mol. The Kier molecular flexibility index (Phi) is 3.87. The first-order valence-corrected chi connectivity index (χ1v) is 5.67. The number of anilines is 1. The minimum absolute atomic E-state index is 0.223. The van der Waals surface area contributed by atoms with Gasteiger partial charge in [0.2, 0.25) is 0 Å². The largest absolute Gasteiger partial charge is 0.464 e. The van der Waals surface area contributed by atoms with E-state index in [1.54, 1.807) is 6.20 Å². The molecule has 2 heterocycles. The van der Waals surface area contributed by atoms with Crippen molar-refractivity contribution in [2.75, 3.05) is 25.5 Å². The fourth-order valence-electron chi connectivity index (χ4n) is 1.82. The van der Waals surface area contributed by atoms with Gasteiger partial charge in [0.25, 0.3) is 0 Å². The van der Waals surface area contributed by atoms with Crippen molar-refractivity contribution in [3.05, 3.63) is 18.1 Å². The molecule has 0 aliphatic carbocycles. The Balaban J connectivity index is 2.02. The Morgan fingerprint density at radius 1 is 1.59 bits per heavy atom. The van der Waals surface area contributed by atoms with E-state index in [-0.39, 0.29) is 5.69 Å². The SMILES string of the molecule is COC(=O)c1cncc(NC2CCCNC2)n1. The fraction of sp³-hybridized carbons (Fsp3) is 0.545. The molecular formula is C11H16N4O2. The molecule has 0 radical (unpaired) electrons. The summed E-state index contributed by atoms with van der Waals surface area (Å²) in [5, 5.41) is 6.56. The van der Waals surface area contributed by atoms with Gasteiger partial charge in [0.05, 0.1) is 19.5 Å². The highest BCUT2D eigenvalue weighted by Crippen LogP contribution is 2.09. The number of methoxy groups -OCH3 is 1. The zero-order valence-corrected chi connectivity index (χ0v) is 9.77. The van der Waals surface area contributed by atoms with Gasteiger partial charge in [-0.05, 0) is 19.4 Å². The molecule has 2 N–H and O–H groups in total. The van der Waals surface area contributed by atoms with Gasteiger partial charge in [-0.25, -0.2) is 9.78 Å². The Hall–Kier alpha value is -1.69. The van der Waals surface area contributed by atoms with Crippen LogP contribution in [-0.4, -0.2) is 42.2 Å². The predicted octanol–water partition coefficient (Wildman–Crippen LogP) is 0.427. The van der Waals surface area contributed by atoms with Crippen LogP contribution in [-0.2, 0) is 4.74 Å². The third-order valence-electron chi connectivity index (χ3n) is 2.68. The molecule has 1 aliphatic heterocycles. The number of carbonyl (C=O) groups excluding carboxylic acids is 1. The number of piperidine rings is 1.